The van der Waals surface area contributed by atoms with Crippen molar-refractivity contribution < 1.29 is 23.0 Å². The van der Waals surface area contributed by atoms with E-state index in [9.17, 15) is 13.9 Å². The van der Waals surface area contributed by atoms with Gasteiger partial charge in [-0.2, -0.15) is 0 Å². The largest absolute Gasteiger partial charge is 0.411 e. The Morgan fingerprint density at radius 3 is 2.62 bits per heavy atom. The van der Waals surface area contributed by atoms with E-state index in [1.165, 1.54) is 30.0 Å². The lowest BCUT2D eigenvalue weighted by Gasteiger charge is -2.10. The molecule has 1 N–H and O–H groups in total. The minimum absolute atomic E-state index is 0.0558. The number of hydrogen-bond donors (Lipinski definition) is 1. The van der Waals surface area contributed by atoms with E-state index in [1.54, 1.807) is 30.3 Å². The Morgan fingerprint density at radius 1 is 1.08 bits per heavy atom. The summed E-state index contributed by atoms with van der Waals surface area (Å²) in [7, 11) is 0. The number of ether oxygens (including phenoxy) is 1. The van der Waals surface area contributed by atoms with Crippen molar-refractivity contribution in [3.8, 4) is 11.5 Å². The Kier molecular flexibility index (Phi) is 6.32. The molecule has 1 atom stereocenters. The van der Waals surface area contributed by atoms with E-state index in [1.807, 2.05) is 0 Å². The number of rotatable bonds is 8. The van der Waals surface area contributed by atoms with Crippen LogP contribution in [0.5, 0.6) is 0 Å². The monoisotopic (exact) mass is 378 g/mol. The summed E-state index contributed by atoms with van der Waals surface area (Å²) in [5, 5.41) is 18.0. The topological polar surface area (TPSA) is 68.4 Å². The molecule has 136 valence electrons. The fraction of sp³-hybridized carbons (Fsp3) is 0.222. The van der Waals surface area contributed by atoms with Crippen LogP contribution < -0.4 is 0 Å². The molecule has 0 aliphatic heterocycles. The van der Waals surface area contributed by atoms with Gasteiger partial charge in [0.05, 0.1) is 19.3 Å². The summed E-state index contributed by atoms with van der Waals surface area (Å²) in [5.41, 5.74) is 1.05. The second-order valence-corrected chi connectivity index (χ2v) is 6.42. The molecule has 0 fully saturated rings. The predicted molar refractivity (Wildman–Crippen MR) is 92.5 cm³/mol. The van der Waals surface area contributed by atoms with Crippen LogP contribution in [0.3, 0.4) is 0 Å². The number of nitrogens with zero attached hydrogens (tertiary/aromatic N) is 2. The van der Waals surface area contributed by atoms with Gasteiger partial charge in [-0.1, -0.05) is 30.0 Å². The molecule has 0 aliphatic carbocycles. The number of hydrogen-bond acceptors (Lipinski definition) is 6. The Bertz CT molecular complexity index is 842. The lowest BCUT2D eigenvalue weighted by Crippen LogP contribution is -2.18. The molecule has 0 aliphatic rings. The summed E-state index contributed by atoms with van der Waals surface area (Å²) in [5.74, 6) is -0.128. The maximum atomic E-state index is 13.5. The average Bonchev–Trinajstić information content (AvgIpc) is 3.11. The molecular formula is C18H16F2N2O3S. The molecule has 0 saturated heterocycles. The highest BCUT2D eigenvalue weighted by Crippen LogP contribution is 2.23. The average molecular weight is 378 g/mol. The van der Waals surface area contributed by atoms with Gasteiger partial charge in [0.25, 0.3) is 5.22 Å². The van der Waals surface area contributed by atoms with Gasteiger partial charge in [0.2, 0.25) is 5.89 Å². The van der Waals surface area contributed by atoms with E-state index < -0.39 is 6.10 Å². The van der Waals surface area contributed by atoms with Crippen molar-refractivity contribution in [3.05, 3.63) is 65.7 Å². The molecule has 0 amide bonds. The van der Waals surface area contributed by atoms with Crippen molar-refractivity contribution in [1.29, 1.82) is 0 Å². The summed E-state index contributed by atoms with van der Waals surface area (Å²) in [6.45, 7) is 0.143. The van der Waals surface area contributed by atoms with Crippen LogP contribution in [0.1, 0.15) is 5.56 Å². The molecule has 5 nitrogen and oxygen atoms in total. The van der Waals surface area contributed by atoms with Crippen LogP contribution in [0.4, 0.5) is 8.78 Å². The minimum atomic E-state index is -0.770. The van der Waals surface area contributed by atoms with Gasteiger partial charge in [0.1, 0.15) is 11.6 Å². The molecule has 0 unspecified atom stereocenters. The minimum Gasteiger partial charge on any atom is -0.411 e. The first-order chi connectivity index (χ1) is 12.6. The molecule has 1 aromatic heterocycles. The van der Waals surface area contributed by atoms with Crippen LogP contribution >= 0.6 is 11.8 Å². The Labute approximate surface area is 153 Å². The van der Waals surface area contributed by atoms with Gasteiger partial charge in [0.15, 0.2) is 0 Å². The first-order valence-corrected chi connectivity index (χ1v) is 8.82. The van der Waals surface area contributed by atoms with Gasteiger partial charge in [-0.3, -0.25) is 0 Å². The summed E-state index contributed by atoms with van der Waals surface area (Å²) < 4.78 is 37.2. The molecular weight excluding hydrogens is 362 g/mol. The maximum absolute atomic E-state index is 13.5. The van der Waals surface area contributed by atoms with Crippen LogP contribution in [0.15, 0.2) is 58.2 Å². The van der Waals surface area contributed by atoms with Crippen molar-refractivity contribution in [3.63, 3.8) is 0 Å². The van der Waals surface area contributed by atoms with Crippen LogP contribution in [0.2, 0.25) is 0 Å². The quantitative estimate of drug-likeness (QED) is 0.603. The number of aliphatic hydroxyl groups excluding tert-OH is 1. The van der Waals surface area contributed by atoms with E-state index in [0.717, 1.165) is 0 Å². The maximum Gasteiger partial charge on any atom is 0.276 e. The van der Waals surface area contributed by atoms with Crippen molar-refractivity contribution in [2.45, 2.75) is 17.9 Å². The van der Waals surface area contributed by atoms with E-state index in [2.05, 4.69) is 10.2 Å². The van der Waals surface area contributed by atoms with Crippen LogP contribution in [-0.2, 0) is 11.3 Å². The number of halogens is 2. The van der Waals surface area contributed by atoms with Crippen LogP contribution in [-0.4, -0.2) is 33.8 Å². The van der Waals surface area contributed by atoms with Gasteiger partial charge in [-0.15, -0.1) is 10.2 Å². The van der Waals surface area contributed by atoms with Gasteiger partial charge >= 0.3 is 0 Å². The fourth-order valence-electron chi connectivity index (χ4n) is 2.11. The smallest absolute Gasteiger partial charge is 0.276 e. The van der Waals surface area contributed by atoms with Crippen LogP contribution in [0.25, 0.3) is 11.5 Å². The van der Waals surface area contributed by atoms with E-state index in [0.29, 0.717) is 11.1 Å². The number of aromatic nitrogens is 2. The molecule has 3 aromatic rings. The van der Waals surface area contributed by atoms with E-state index >= 15 is 0 Å². The zero-order valence-corrected chi connectivity index (χ0v) is 14.5. The molecule has 0 saturated carbocycles. The van der Waals surface area contributed by atoms with Crippen molar-refractivity contribution in [2.24, 2.45) is 0 Å². The molecule has 0 radical (unpaired) electrons. The van der Waals surface area contributed by atoms with E-state index in [4.69, 9.17) is 9.15 Å². The number of benzene rings is 2. The zero-order valence-electron chi connectivity index (χ0n) is 13.6. The van der Waals surface area contributed by atoms with E-state index in [-0.39, 0.29) is 41.7 Å². The summed E-state index contributed by atoms with van der Waals surface area (Å²) in [4.78, 5) is 0. The number of thioether (sulfide) groups is 1. The fourth-order valence-corrected chi connectivity index (χ4v) is 2.78. The molecule has 0 bridgehead atoms. The van der Waals surface area contributed by atoms with Crippen molar-refractivity contribution >= 4 is 11.8 Å². The van der Waals surface area contributed by atoms with Crippen molar-refractivity contribution in [2.75, 3.05) is 12.4 Å². The highest BCUT2D eigenvalue weighted by Gasteiger charge is 2.12. The van der Waals surface area contributed by atoms with Gasteiger partial charge in [0, 0.05) is 16.9 Å². The predicted octanol–water partition coefficient (Wildman–Crippen LogP) is 3.68. The zero-order chi connectivity index (χ0) is 18.4. The second kappa shape index (κ2) is 8.88. The molecule has 3 rings (SSSR count). The highest BCUT2D eigenvalue weighted by molar-refractivity contribution is 7.99. The summed E-state index contributed by atoms with van der Waals surface area (Å²) >= 11 is 1.18. The number of aliphatic hydroxyl groups is 1. The Balaban J connectivity index is 1.44. The lowest BCUT2D eigenvalue weighted by molar-refractivity contribution is 0.0386. The first kappa shape index (κ1) is 18.5. The van der Waals surface area contributed by atoms with Crippen molar-refractivity contribution in [1.82, 2.24) is 10.2 Å². The molecule has 2 aromatic carbocycles. The standard InChI is InChI=1S/C18H16F2N2O3S/c19-14-7-5-12(6-8-14)17-21-22-18(25-17)26-11-15(23)10-24-9-13-3-1-2-4-16(13)20/h1-8,15,23H,9-11H2/t15-/m0/s1. The third-order valence-electron chi connectivity index (χ3n) is 3.42. The molecule has 26 heavy (non-hydrogen) atoms. The normalized spacial score (nSPS) is 12.3. The highest BCUT2D eigenvalue weighted by atomic mass is 32.2. The molecule has 8 heteroatoms. The Morgan fingerprint density at radius 2 is 1.85 bits per heavy atom. The lowest BCUT2D eigenvalue weighted by atomic mass is 10.2. The SMILES string of the molecule is O[C@@H](COCc1ccccc1F)CSc1nnc(-c2ccc(F)cc2)o1. The molecule has 0 spiro atoms. The first-order valence-electron chi connectivity index (χ1n) is 7.83. The second-order valence-electron chi connectivity index (χ2n) is 5.45. The van der Waals surface area contributed by atoms with Gasteiger partial charge in [-0.25, -0.2) is 8.78 Å². The van der Waals surface area contributed by atoms with Crippen LogP contribution in [0, 0.1) is 11.6 Å². The summed E-state index contributed by atoms with van der Waals surface area (Å²) in [6.07, 6.45) is -0.770. The van der Waals surface area contributed by atoms with Gasteiger partial charge in [-0.05, 0) is 30.3 Å². The van der Waals surface area contributed by atoms with Gasteiger partial charge < -0.3 is 14.3 Å². The molecule has 1 heterocycles. The Hall–Kier alpha value is -2.29. The summed E-state index contributed by atoms with van der Waals surface area (Å²) in [6, 6.07) is 12.0. The third-order valence-corrected chi connectivity index (χ3v) is 4.39. The third kappa shape index (κ3) is 5.10.